The van der Waals surface area contributed by atoms with E-state index in [4.69, 9.17) is 4.74 Å². The summed E-state index contributed by atoms with van der Waals surface area (Å²) in [5.41, 5.74) is -0.243. The van der Waals surface area contributed by atoms with Crippen LogP contribution in [0.4, 0.5) is 0 Å². The molecule has 5 heteroatoms. The lowest BCUT2D eigenvalue weighted by molar-refractivity contribution is -0.141. The molecular formula is C13H24O4S. The Hall–Kier alpha value is -0.420. The molecule has 0 saturated heterocycles. The van der Waals surface area contributed by atoms with Crippen LogP contribution in [0.5, 0.6) is 0 Å². The second kappa shape index (κ2) is 6.15. The van der Waals surface area contributed by atoms with Gasteiger partial charge in [-0.1, -0.05) is 0 Å². The second-order valence-electron chi connectivity index (χ2n) is 6.00. The van der Waals surface area contributed by atoms with Crippen molar-refractivity contribution in [3.05, 3.63) is 0 Å². The highest BCUT2D eigenvalue weighted by atomic mass is 32.2. The molecule has 1 saturated carbocycles. The van der Waals surface area contributed by atoms with Crippen LogP contribution in [0.15, 0.2) is 0 Å². The van der Waals surface area contributed by atoms with Gasteiger partial charge in [0, 0.05) is 22.3 Å². The highest BCUT2D eigenvalue weighted by molar-refractivity contribution is 7.85. The van der Waals surface area contributed by atoms with Crippen molar-refractivity contribution >= 4 is 16.8 Å². The Morgan fingerprint density at radius 1 is 1.33 bits per heavy atom. The zero-order valence-electron chi connectivity index (χ0n) is 11.8. The van der Waals surface area contributed by atoms with Crippen LogP contribution in [0, 0.1) is 5.41 Å². The summed E-state index contributed by atoms with van der Waals surface area (Å²) >= 11 is 0. The first-order valence-corrected chi connectivity index (χ1v) is 7.81. The van der Waals surface area contributed by atoms with Gasteiger partial charge < -0.3 is 9.47 Å². The molecule has 1 rings (SSSR count). The molecule has 1 atom stereocenters. The van der Waals surface area contributed by atoms with Crippen molar-refractivity contribution in [2.24, 2.45) is 5.41 Å². The van der Waals surface area contributed by atoms with E-state index in [1.54, 1.807) is 0 Å². The minimum absolute atomic E-state index is 0.0559. The third kappa shape index (κ3) is 5.96. The molecule has 0 aromatic heterocycles. The van der Waals surface area contributed by atoms with Crippen LogP contribution < -0.4 is 0 Å². The van der Waals surface area contributed by atoms with Crippen molar-refractivity contribution in [2.75, 3.05) is 25.2 Å². The van der Waals surface area contributed by atoms with Gasteiger partial charge in [0.1, 0.15) is 0 Å². The smallest absolute Gasteiger partial charge is 0.306 e. The van der Waals surface area contributed by atoms with Crippen LogP contribution in [0.2, 0.25) is 0 Å². The van der Waals surface area contributed by atoms with Crippen molar-refractivity contribution in [1.29, 1.82) is 0 Å². The third-order valence-corrected chi connectivity index (χ3v) is 4.57. The highest BCUT2D eigenvalue weighted by Gasteiger charge is 2.45. The predicted molar refractivity (Wildman–Crippen MR) is 71.9 cm³/mol. The van der Waals surface area contributed by atoms with Crippen LogP contribution in [0.25, 0.3) is 0 Å². The summed E-state index contributed by atoms with van der Waals surface area (Å²) in [5.74, 6) is 0.936. The van der Waals surface area contributed by atoms with E-state index in [9.17, 15) is 9.00 Å². The lowest BCUT2D eigenvalue weighted by atomic mass is 10.1. The lowest BCUT2D eigenvalue weighted by Crippen LogP contribution is -2.25. The third-order valence-electron chi connectivity index (χ3n) is 3.02. The van der Waals surface area contributed by atoms with Gasteiger partial charge in [0.2, 0.25) is 0 Å². The molecule has 0 aromatic rings. The number of esters is 1. The number of hydrogen-bond donors (Lipinski definition) is 0. The molecule has 106 valence electrons. The van der Waals surface area contributed by atoms with E-state index in [1.165, 1.54) is 7.11 Å². The van der Waals surface area contributed by atoms with E-state index >= 15 is 0 Å². The standard InChI is InChI=1S/C13H24O4S/c1-12(2,3)17-7-8-18(15)10-13(5-6-13)9-11(14)16-4/h5-10H2,1-4H3. The Labute approximate surface area is 112 Å². The van der Waals surface area contributed by atoms with Crippen molar-refractivity contribution < 1.29 is 18.5 Å². The van der Waals surface area contributed by atoms with Crippen molar-refractivity contribution in [1.82, 2.24) is 0 Å². The summed E-state index contributed by atoms with van der Waals surface area (Å²) in [7, 11) is 0.483. The first kappa shape index (κ1) is 15.6. The van der Waals surface area contributed by atoms with Crippen LogP contribution in [0.1, 0.15) is 40.0 Å². The Morgan fingerprint density at radius 2 is 1.94 bits per heavy atom. The van der Waals surface area contributed by atoms with Gasteiger partial charge in [0.25, 0.3) is 0 Å². The molecule has 1 fully saturated rings. The number of hydrogen-bond acceptors (Lipinski definition) is 4. The monoisotopic (exact) mass is 276 g/mol. The summed E-state index contributed by atoms with van der Waals surface area (Å²) in [6, 6.07) is 0. The molecule has 0 aromatic carbocycles. The average molecular weight is 276 g/mol. The van der Waals surface area contributed by atoms with E-state index in [-0.39, 0.29) is 17.0 Å². The maximum atomic E-state index is 11.9. The minimum Gasteiger partial charge on any atom is -0.469 e. The van der Waals surface area contributed by atoms with Crippen LogP contribution >= 0.6 is 0 Å². The van der Waals surface area contributed by atoms with Crippen molar-refractivity contribution in [3.63, 3.8) is 0 Å². The molecule has 1 unspecified atom stereocenters. The van der Waals surface area contributed by atoms with Crippen LogP contribution in [0.3, 0.4) is 0 Å². The molecule has 0 N–H and O–H groups in total. The Morgan fingerprint density at radius 3 is 2.39 bits per heavy atom. The Balaban J connectivity index is 2.26. The molecule has 1 aliphatic rings. The van der Waals surface area contributed by atoms with Gasteiger partial charge in [0.15, 0.2) is 0 Å². The van der Waals surface area contributed by atoms with E-state index < -0.39 is 10.8 Å². The predicted octanol–water partition coefficient (Wildman–Crippen LogP) is 1.89. The second-order valence-corrected chi connectivity index (χ2v) is 7.58. The average Bonchev–Trinajstić information content (AvgIpc) is 2.95. The normalized spacial score (nSPS) is 19.3. The first-order chi connectivity index (χ1) is 8.26. The minimum atomic E-state index is -0.913. The fraction of sp³-hybridized carbons (Fsp3) is 0.923. The zero-order valence-corrected chi connectivity index (χ0v) is 12.6. The number of carbonyl (C=O) groups is 1. The molecule has 0 amide bonds. The van der Waals surface area contributed by atoms with E-state index in [1.807, 2.05) is 20.8 Å². The number of rotatable bonds is 7. The fourth-order valence-corrected chi connectivity index (χ4v) is 3.27. The molecule has 0 bridgehead atoms. The summed E-state index contributed by atoms with van der Waals surface area (Å²) in [4.78, 5) is 11.2. The molecule has 4 nitrogen and oxygen atoms in total. The summed E-state index contributed by atoms with van der Waals surface area (Å²) in [6.45, 7) is 6.45. The quantitative estimate of drug-likeness (QED) is 0.666. The van der Waals surface area contributed by atoms with Crippen LogP contribution in [-0.4, -0.2) is 41.0 Å². The maximum absolute atomic E-state index is 11.9. The fourth-order valence-electron chi connectivity index (χ4n) is 1.78. The Bertz CT molecular complexity index is 315. The molecule has 0 radical (unpaired) electrons. The topological polar surface area (TPSA) is 52.6 Å². The van der Waals surface area contributed by atoms with Gasteiger partial charge in [-0.2, -0.15) is 0 Å². The number of methoxy groups -OCH3 is 1. The highest BCUT2D eigenvalue weighted by Crippen LogP contribution is 2.49. The zero-order chi connectivity index (χ0) is 13.8. The molecular weight excluding hydrogens is 252 g/mol. The van der Waals surface area contributed by atoms with Gasteiger partial charge >= 0.3 is 5.97 Å². The summed E-state index contributed by atoms with van der Waals surface area (Å²) in [6.07, 6.45) is 2.36. The summed E-state index contributed by atoms with van der Waals surface area (Å²) < 4.78 is 22.2. The van der Waals surface area contributed by atoms with E-state index in [0.29, 0.717) is 24.5 Å². The van der Waals surface area contributed by atoms with Gasteiger partial charge in [0.05, 0.1) is 25.7 Å². The molecule has 1 aliphatic carbocycles. The van der Waals surface area contributed by atoms with E-state index in [0.717, 1.165) is 12.8 Å². The van der Waals surface area contributed by atoms with Crippen LogP contribution in [-0.2, 0) is 25.1 Å². The molecule has 0 aliphatic heterocycles. The largest absolute Gasteiger partial charge is 0.469 e. The Kier molecular flexibility index (Phi) is 5.34. The molecule has 0 spiro atoms. The first-order valence-electron chi connectivity index (χ1n) is 6.32. The summed E-state index contributed by atoms with van der Waals surface area (Å²) in [5, 5.41) is 0. The van der Waals surface area contributed by atoms with Crippen molar-refractivity contribution in [2.45, 2.75) is 45.6 Å². The van der Waals surface area contributed by atoms with E-state index in [2.05, 4.69) is 4.74 Å². The SMILES string of the molecule is COC(=O)CC1(CS(=O)CCOC(C)(C)C)CC1. The van der Waals surface area contributed by atoms with Gasteiger partial charge in [-0.05, 0) is 39.0 Å². The molecule has 0 heterocycles. The number of carbonyl (C=O) groups excluding carboxylic acids is 1. The van der Waals surface area contributed by atoms with Gasteiger partial charge in [-0.3, -0.25) is 9.00 Å². The maximum Gasteiger partial charge on any atom is 0.306 e. The number of ether oxygens (including phenoxy) is 2. The van der Waals surface area contributed by atoms with Gasteiger partial charge in [-0.15, -0.1) is 0 Å². The molecule has 18 heavy (non-hydrogen) atoms. The van der Waals surface area contributed by atoms with Crippen molar-refractivity contribution in [3.8, 4) is 0 Å². The lowest BCUT2D eigenvalue weighted by Gasteiger charge is -2.19. The van der Waals surface area contributed by atoms with Gasteiger partial charge in [-0.25, -0.2) is 0 Å².